The second kappa shape index (κ2) is 5.65. The smallest absolute Gasteiger partial charge is 0.329 e. The normalized spacial score (nSPS) is 16.9. The summed E-state index contributed by atoms with van der Waals surface area (Å²) in [6.45, 7) is -0.311. The van der Waals surface area contributed by atoms with E-state index >= 15 is 0 Å². The van der Waals surface area contributed by atoms with Crippen LogP contribution < -0.4 is 10.5 Å². The Morgan fingerprint density at radius 2 is 2.24 bits per heavy atom. The largest absolute Gasteiger partial charge is 0.484 e. The molecule has 8 heteroatoms. The first-order chi connectivity index (χ1) is 9.88. The number of rotatable bonds is 6. The molecule has 2 N–H and O–H groups in total. The molecular weight excluding hydrogens is 283 g/mol. The van der Waals surface area contributed by atoms with Gasteiger partial charge in [0.05, 0.1) is 12.0 Å². The van der Waals surface area contributed by atoms with Crippen molar-refractivity contribution in [1.82, 2.24) is 0 Å². The lowest BCUT2D eigenvalue weighted by Gasteiger charge is -2.26. The van der Waals surface area contributed by atoms with E-state index in [1.165, 1.54) is 7.11 Å². The van der Waals surface area contributed by atoms with Crippen LogP contribution in [0.2, 0.25) is 0 Å². The Labute approximate surface area is 120 Å². The van der Waals surface area contributed by atoms with Crippen LogP contribution in [-0.2, 0) is 9.53 Å². The first-order valence-corrected chi connectivity index (χ1v) is 6.32. The number of nitrogens with zero attached hydrogens (tertiary/aromatic N) is 1. The van der Waals surface area contributed by atoms with Gasteiger partial charge in [-0.15, -0.1) is 0 Å². The summed E-state index contributed by atoms with van der Waals surface area (Å²) >= 11 is 0. The number of nitrogens with two attached hydrogens (primary N) is 1. The summed E-state index contributed by atoms with van der Waals surface area (Å²) in [7, 11) is 1.21. The number of halogens is 1. The molecule has 1 aliphatic carbocycles. The number of nitro groups is 1. The maximum Gasteiger partial charge on any atom is 0.329 e. The van der Waals surface area contributed by atoms with Crippen molar-refractivity contribution in [2.24, 2.45) is 11.7 Å². The van der Waals surface area contributed by atoms with Crippen LogP contribution in [-0.4, -0.2) is 30.1 Å². The zero-order valence-corrected chi connectivity index (χ0v) is 11.4. The van der Waals surface area contributed by atoms with E-state index < -0.39 is 22.2 Å². The third-order valence-corrected chi connectivity index (χ3v) is 3.46. The number of benzene rings is 1. The Morgan fingerprint density at radius 3 is 2.76 bits per heavy atom. The molecule has 21 heavy (non-hydrogen) atoms. The number of methoxy groups -OCH3 is 1. The van der Waals surface area contributed by atoms with Gasteiger partial charge in [0.2, 0.25) is 0 Å². The number of ether oxygens (including phenoxy) is 2. The van der Waals surface area contributed by atoms with E-state index in [-0.39, 0.29) is 24.0 Å². The van der Waals surface area contributed by atoms with Crippen LogP contribution in [0, 0.1) is 21.8 Å². The maximum absolute atomic E-state index is 13.2. The lowest BCUT2D eigenvalue weighted by Crippen LogP contribution is -2.55. The average molecular weight is 298 g/mol. The van der Waals surface area contributed by atoms with E-state index in [4.69, 9.17) is 10.5 Å². The summed E-state index contributed by atoms with van der Waals surface area (Å²) in [5.74, 6) is -1.69. The van der Waals surface area contributed by atoms with Gasteiger partial charge in [0.1, 0.15) is 12.4 Å². The summed E-state index contributed by atoms with van der Waals surface area (Å²) in [6, 6.07) is 2.85. The van der Waals surface area contributed by atoms with Gasteiger partial charge in [0.25, 0.3) is 0 Å². The molecule has 0 aliphatic heterocycles. The van der Waals surface area contributed by atoms with Crippen LogP contribution in [0.3, 0.4) is 0 Å². The van der Waals surface area contributed by atoms with E-state index in [9.17, 15) is 19.3 Å². The lowest BCUT2D eigenvalue weighted by atomic mass is 9.96. The molecule has 0 amide bonds. The highest BCUT2D eigenvalue weighted by Crippen LogP contribution is 2.40. The molecule has 0 heterocycles. The fraction of sp³-hybridized carbons (Fsp3) is 0.462. The summed E-state index contributed by atoms with van der Waals surface area (Å²) in [4.78, 5) is 22.0. The van der Waals surface area contributed by atoms with Crippen molar-refractivity contribution in [1.29, 1.82) is 0 Å². The molecule has 0 radical (unpaired) electrons. The van der Waals surface area contributed by atoms with Crippen molar-refractivity contribution in [2.75, 3.05) is 13.7 Å². The van der Waals surface area contributed by atoms with Crippen molar-refractivity contribution >= 4 is 11.7 Å². The molecule has 1 atom stereocenters. The SMILES string of the molecule is COC(=O)C(N)(COc1cc(F)ccc1[N+](=O)[O-])C1CC1. The Morgan fingerprint density at radius 1 is 1.57 bits per heavy atom. The molecule has 1 fully saturated rings. The van der Waals surface area contributed by atoms with Gasteiger partial charge in [-0.1, -0.05) is 0 Å². The minimum Gasteiger partial charge on any atom is -0.484 e. The predicted octanol–water partition coefficient (Wildman–Crippen LogP) is 1.39. The second-order valence-corrected chi connectivity index (χ2v) is 4.96. The standard InChI is InChI=1S/C13H15FN2O5/c1-20-12(17)13(15,8-2-3-8)7-21-11-6-9(14)4-5-10(11)16(18)19/h4-6,8H,2-3,7,15H2,1H3. The number of hydrogen-bond acceptors (Lipinski definition) is 6. The van der Waals surface area contributed by atoms with Crippen LogP contribution >= 0.6 is 0 Å². The lowest BCUT2D eigenvalue weighted by molar-refractivity contribution is -0.386. The fourth-order valence-corrected chi connectivity index (χ4v) is 2.08. The van der Waals surface area contributed by atoms with Gasteiger partial charge in [-0.25, -0.2) is 9.18 Å². The molecule has 1 saturated carbocycles. The van der Waals surface area contributed by atoms with Crippen molar-refractivity contribution in [3.8, 4) is 5.75 Å². The maximum atomic E-state index is 13.2. The molecule has 114 valence electrons. The molecule has 7 nitrogen and oxygen atoms in total. The van der Waals surface area contributed by atoms with Crippen LogP contribution in [0.1, 0.15) is 12.8 Å². The zero-order chi connectivity index (χ0) is 15.6. The summed E-state index contributed by atoms with van der Waals surface area (Å²) in [5, 5.41) is 10.9. The molecule has 0 aromatic heterocycles. The van der Waals surface area contributed by atoms with E-state index in [0.29, 0.717) is 0 Å². The average Bonchev–Trinajstić information content (AvgIpc) is 3.28. The predicted molar refractivity (Wildman–Crippen MR) is 70.2 cm³/mol. The Balaban J connectivity index is 2.20. The minimum absolute atomic E-state index is 0.0995. The Kier molecular flexibility index (Phi) is 4.08. The summed E-state index contributed by atoms with van der Waals surface area (Å²) in [5.41, 5.74) is 4.24. The van der Waals surface area contributed by atoms with Gasteiger partial charge in [0.15, 0.2) is 11.3 Å². The molecule has 1 aromatic rings. The molecule has 0 saturated heterocycles. The van der Waals surface area contributed by atoms with Gasteiger partial charge in [-0.3, -0.25) is 10.1 Å². The van der Waals surface area contributed by atoms with Crippen LogP contribution in [0.5, 0.6) is 5.75 Å². The van der Waals surface area contributed by atoms with Gasteiger partial charge < -0.3 is 15.2 Å². The van der Waals surface area contributed by atoms with Crippen molar-refractivity contribution in [3.05, 3.63) is 34.1 Å². The van der Waals surface area contributed by atoms with E-state index in [1.54, 1.807) is 0 Å². The van der Waals surface area contributed by atoms with Gasteiger partial charge >= 0.3 is 11.7 Å². The van der Waals surface area contributed by atoms with Crippen LogP contribution in [0.15, 0.2) is 18.2 Å². The van der Waals surface area contributed by atoms with Crippen molar-refractivity contribution in [2.45, 2.75) is 18.4 Å². The van der Waals surface area contributed by atoms with Crippen LogP contribution in [0.4, 0.5) is 10.1 Å². The van der Waals surface area contributed by atoms with Gasteiger partial charge in [0, 0.05) is 12.1 Å². The quantitative estimate of drug-likeness (QED) is 0.483. The summed E-state index contributed by atoms with van der Waals surface area (Å²) < 4.78 is 23.1. The first-order valence-electron chi connectivity index (χ1n) is 6.32. The highest BCUT2D eigenvalue weighted by Gasteiger charge is 2.50. The second-order valence-electron chi connectivity index (χ2n) is 4.96. The molecule has 0 bridgehead atoms. The molecule has 0 spiro atoms. The molecule has 2 rings (SSSR count). The molecule has 1 unspecified atom stereocenters. The van der Waals surface area contributed by atoms with Crippen LogP contribution in [0.25, 0.3) is 0 Å². The number of hydrogen-bond donors (Lipinski definition) is 1. The highest BCUT2D eigenvalue weighted by atomic mass is 19.1. The number of nitro benzene ring substituents is 1. The molecular formula is C13H15FN2O5. The third kappa shape index (κ3) is 3.10. The number of esters is 1. The molecule has 1 aromatic carbocycles. The highest BCUT2D eigenvalue weighted by molar-refractivity contribution is 5.81. The number of carbonyl (C=O) groups excluding carboxylic acids is 1. The summed E-state index contributed by atoms with van der Waals surface area (Å²) in [6.07, 6.45) is 1.50. The Bertz CT molecular complexity index is 576. The fourth-order valence-electron chi connectivity index (χ4n) is 2.08. The minimum atomic E-state index is -1.38. The van der Waals surface area contributed by atoms with Crippen molar-refractivity contribution in [3.63, 3.8) is 0 Å². The monoisotopic (exact) mass is 298 g/mol. The Hall–Kier alpha value is -2.22. The zero-order valence-electron chi connectivity index (χ0n) is 11.4. The third-order valence-electron chi connectivity index (χ3n) is 3.46. The number of carbonyl (C=O) groups is 1. The first kappa shape index (κ1) is 15.2. The van der Waals surface area contributed by atoms with E-state index in [2.05, 4.69) is 4.74 Å². The van der Waals surface area contributed by atoms with Gasteiger partial charge in [-0.05, 0) is 24.8 Å². The van der Waals surface area contributed by atoms with Crippen molar-refractivity contribution < 1.29 is 23.6 Å². The van der Waals surface area contributed by atoms with E-state index in [1.807, 2.05) is 0 Å². The van der Waals surface area contributed by atoms with E-state index in [0.717, 1.165) is 31.0 Å². The van der Waals surface area contributed by atoms with Gasteiger partial charge in [-0.2, -0.15) is 0 Å². The molecule has 1 aliphatic rings. The topological polar surface area (TPSA) is 105 Å².